The molecule has 152 valence electrons. The first-order valence-electron chi connectivity index (χ1n) is 9.14. The Hall–Kier alpha value is -2.51. The molecule has 2 aliphatic rings. The summed E-state index contributed by atoms with van der Waals surface area (Å²) in [6.07, 6.45) is 9.45. The Bertz CT molecular complexity index is 802. The molecule has 0 bridgehead atoms. The molecule has 7 heteroatoms. The summed E-state index contributed by atoms with van der Waals surface area (Å²) in [7, 11) is 1.34. The number of carbonyl (C=O) groups is 3. The van der Waals surface area contributed by atoms with Crippen molar-refractivity contribution in [3.05, 3.63) is 47.1 Å². The van der Waals surface area contributed by atoms with Gasteiger partial charge < -0.3 is 19.9 Å². The van der Waals surface area contributed by atoms with Crippen LogP contribution >= 0.6 is 0 Å². The normalized spacial score (nSPS) is 30.3. The van der Waals surface area contributed by atoms with Gasteiger partial charge in [0.1, 0.15) is 0 Å². The van der Waals surface area contributed by atoms with Crippen molar-refractivity contribution in [2.45, 2.75) is 58.0 Å². The maximum Gasteiger partial charge on any atom is 0.337 e. The number of ether oxygens (including phenoxy) is 2. The fourth-order valence-corrected chi connectivity index (χ4v) is 3.22. The lowest BCUT2D eigenvalue weighted by Crippen LogP contribution is -2.45. The third-order valence-corrected chi connectivity index (χ3v) is 4.81. The minimum Gasteiger partial charge on any atom is -0.465 e. The highest BCUT2D eigenvalue weighted by atomic mass is 16.6. The molecule has 0 aliphatic carbocycles. The van der Waals surface area contributed by atoms with E-state index in [0.717, 1.165) is 5.57 Å². The second-order valence-electron chi connectivity index (χ2n) is 7.16. The number of allylic oxidation sites excluding steroid dienone is 5. The molecule has 1 unspecified atom stereocenters. The first kappa shape index (κ1) is 21.8. The van der Waals surface area contributed by atoms with Crippen molar-refractivity contribution >= 4 is 17.7 Å². The molecule has 2 N–H and O–H groups in total. The van der Waals surface area contributed by atoms with Gasteiger partial charge in [-0.25, -0.2) is 4.79 Å². The number of methoxy groups -OCH3 is 1. The van der Waals surface area contributed by atoms with E-state index in [9.17, 15) is 19.5 Å². The number of aliphatic hydroxyl groups is 1. The summed E-state index contributed by atoms with van der Waals surface area (Å²) in [5.41, 5.74) is -1.29. The molecular weight excluding hydrogens is 362 g/mol. The minimum absolute atomic E-state index is 0.387. The van der Waals surface area contributed by atoms with Crippen LogP contribution in [0.4, 0.5) is 0 Å². The van der Waals surface area contributed by atoms with Crippen LogP contribution in [0.2, 0.25) is 0 Å². The predicted octanol–water partition coefficient (Wildman–Crippen LogP) is 1.88. The van der Waals surface area contributed by atoms with E-state index in [2.05, 4.69) is 5.32 Å². The Kier molecular flexibility index (Phi) is 6.41. The van der Waals surface area contributed by atoms with Crippen molar-refractivity contribution in [1.29, 1.82) is 0 Å². The summed E-state index contributed by atoms with van der Waals surface area (Å²) in [5, 5.41) is 12.4. The van der Waals surface area contributed by atoms with Gasteiger partial charge in [-0.15, -0.1) is 0 Å². The third kappa shape index (κ3) is 4.15. The molecule has 0 spiro atoms. The van der Waals surface area contributed by atoms with Gasteiger partial charge in [0.25, 0.3) is 5.91 Å². The van der Waals surface area contributed by atoms with Gasteiger partial charge in [0, 0.05) is 0 Å². The van der Waals surface area contributed by atoms with Crippen molar-refractivity contribution in [2.75, 3.05) is 7.11 Å². The highest BCUT2D eigenvalue weighted by Crippen LogP contribution is 2.49. The zero-order chi connectivity index (χ0) is 21.1. The maximum absolute atomic E-state index is 12.6. The number of epoxide rings is 1. The molecule has 0 saturated carbocycles. The second kappa shape index (κ2) is 8.24. The van der Waals surface area contributed by atoms with Gasteiger partial charge in [-0.05, 0) is 52.2 Å². The number of fused-ring (bicyclic) bond motifs is 1. The molecule has 0 aromatic carbocycles. The highest BCUT2D eigenvalue weighted by Gasteiger charge is 2.79. The van der Waals surface area contributed by atoms with Crippen LogP contribution in [0, 0.1) is 0 Å². The molecule has 1 amide bonds. The summed E-state index contributed by atoms with van der Waals surface area (Å²) in [4.78, 5) is 36.2. The lowest BCUT2D eigenvalue weighted by molar-refractivity contribution is -0.137. The van der Waals surface area contributed by atoms with E-state index < -0.39 is 29.1 Å². The summed E-state index contributed by atoms with van der Waals surface area (Å²) in [6.45, 7) is 6.69. The number of unbranched alkanes of at least 4 members (excludes halogenated alkanes) is 1. The molecule has 2 aliphatic heterocycles. The fourth-order valence-electron chi connectivity index (χ4n) is 3.22. The number of hydrogen-bond donors (Lipinski definition) is 2. The van der Waals surface area contributed by atoms with Crippen molar-refractivity contribution in [3.8, 4) is 0 Å². The molecule has 2 heterocycles. The van der Waals surface area contributed by atoms with Gasteiger partial charge in [0.05, 0.1) is 12.7 Å². The first-order valence-corrected chi connectivity index (χ1v) is 9.14. The minimum atomic E-state index is -1.57. The Morgan fingerprint density at radius 3 is 2.50 bits per heavy atom. The lowest BCUT2D eigenvalue weighted by Gasteiger charge is -2.16. The SMILES string of the molecule is C\C=C(/C=C(C)/C=C/CC/C=C(/C)C(=O)[C@@]12O[C@H]1C(C)(O)NC2=O)C(=O)OC. The maximum atomic E-state index is 12.6. The molecular formula is C21H27NO6. The zero-order valence-electron chi connectivity index (χ0n) is 16.9. The van der Waals surface area contributed by atoms with E-state index in [1.54, 1.807) is 32.1 Å². The third-order valence-electron chi connectivity index (χ3n) is 4.81. The van der Waals surface area contributed by atoms with E-state index in [-0.39, 0.29) is 5.97 Å². The van der Waals surface area contributed by atoms with Crippen molar-refractivity contribution in [3.63, 3.8) is 0 Å². The molecule has 28 heavy (non-hydrogen) atoms. The number of esters is 1. The van der Waals surface area contributed by atoms with Gasteiger partial charge in [0.2, 0.25) is 11.4 Å². The average molecular weight is 389 g/mol. The van der Waals surface area contributed by atoms with Crippen LogP contribution in [-0.4, -0.2) is 47.3 Å². The highest BCUT2D eigenvalue weighted by molar-refractivity contribution is 6.21. The standard InChI is InChI=1S/C21H27NO6/c1-6-15(17(24)27-5)12-13(2)10-8-7-9-11-14(3)16(23)21-18(28-21)20(4,26)22-19(21)25/h6,8,10-12,18,26H,7,9H2,1-5H3,(H,22,25)/b10-8+,13-12+,14-11-,15-6+/t18-,20?,21+/m0/s1. The van der Waals surface area contributed by atoms with Crippen LogP contribution in [0.1, 0.15) is 40.5 Å². The molecule has 2 saturated heterocycles. The zero-order valence-corrected chi connectivity index (χ0v) is 16.9. The van der Waals surface area contributed by atoms with Gasteiger partial charge >= 0.3 is 5.97 Å². The summed E-state index contributed by atoms with van der Waals surface area (Å²) < 4.78 is 9.97. The number of nitrogens with one attached hydrogen (secondary N) is 1. The molecule has 3 atom stereocenters. The molecule has 7 nitrogen and oxygen atoms in total. The van der Waals surface area contributed by atoms with Crippen LogP contribution in [0.5, 0.6) is 0 Å². The number of ketones is 1. The largest absolute Gasteiger partial charge is 0.465 e. The molecule has 0 aromatic rings. The Morgan fingerprint density at radius 1 is 1.32 bits per heavy atom. The lowest BCUT2D eigenvalue weighted by atomic mass is 9.93. The van der Waals surface area contributed by atoms with Crippen molar-refractivity contribution in [2.24, 2.45) is 0 Å². The average Bonchev–Trinajstić information content (AvgIpc) is 3.38. The van der Waals surface area contributed by atoms with E-state index in [0.29, 0.717) is 24.0 Å². The van der Waals surface area contributed by atoms with Gasteiger partial charge in [-0.3, -0.25) is 9.59 Å². The van der Waals surface area contributed by atoms with E-state index in [1.807, 2.05) is 19.1 Å². The molecule has 2 rings (SSSR count). The molecule has 0 radical (unpaired) electrons. The fraction of sp³-hybridized carbons (Fsp3) is 0.476. The summed E-state index contributed by atoms with van der Waals surface area (Å²) >= 11 is 0. The van der Waals surface area contributed by atoms with Crippen LogP contribution < -0.4 is 5.32 Å². The number of carbonyl (C=O) groups excluding carboxylic acids is 3. The summed E-state index contributed by atoms with van der Waals surface area (Å²) in [5.74, 6) is -1.39. The van der Waals surface area contributed by atoms with Gasteiger partial charge in [-0.1, -0.05) is 29.9 Å². The summed E-state index contributed by atoms with van der Waals surface area (Å²) in [6, 6.07) is 0. The Morgan fingerprint density at radius 2 is 2.00 bits per heavy atom. The van der Waals surface area contributed by atoms with Gasteiger partial charge in [-0.2, -0.15) is 0 Å². The van der Waals surface area contributed by atoms with Crippen LogP contribution in [0.15, 0.2) is 47.1 Å². The van der Waals surface area contributed by atoms with E-state index in [1.165, 1.54) is 14.0 Å². The number of amides is 1. The number of morpholine rings is 1. The van der Waals surface area contributed by atoms with Crippen molar-refractivity contribution in [1.82, 2.24) is 5.32 Å². The quantitative estimate of drug-likeness (QED) is 0.164. The molecule has 2 fully saturated rings. The van der Waals surface area contributed by atoms with Crippen LogP contribution in [0.25, 0.3) is 0 Å². The first-order chi connectivity index (χ1) is 13.1. The number of Topliss-reactive ketones (excluding diaryl/α,β-unsaturated/α-hetero) is 1. The predicted molar refractivity (Wildman–Crippen MR) is 103 cm³/mol. The monoisotopic (exact) mass is 389 g/mol. The van der Waals surface area contributed by atoms with E-state index >= 15 is 0 Å². The Labute approximate surface area is 164 Å². The van der Waals surface area contributed by atoms with Crippen molar-refractivity contribution < 1.29 is 29.0 Å². The van der Waals surface area contributed by atoms with Gasteiger partial charge in [0.15, 0.2) is 11.8 Å². The second-order valence-corrected chi connectivity index (χ2v) is 7.16. The van der Waals surface area contributed by atoms with Crippen LogP contribution in [0.3, 0.4) is 0 Å². The topological polar surface area (TPSA) is 105 Å². The smallest absolute Gasteiger partial charge is 0.337 e. The van der Waals surface area contributed by atoms with E-state index in [4.69, 9.17) is 9.47 Å². The number of rotatable bonds is 8. The Balaban J connectivity index is 1.90. The molecule has 0 aromatic heterocycles. The van der Waals surface area contributed by atoms with Crippen LogP contribution in [-0.2, 0) is 23.9 Å². The number of hydrogen-bond acceptors (Lipinski definition) is 6.